The molecule has 3 nitrogen and oxygen atoms in total. The van der Waals surface area contributed by atoms with Crippen LogP contribution < -0.4 is 5.32 Å². The maximum absolute atomic E-state index is 10.8. The fourth-order valence-electron chi connectivity index (χ4n) is 1.89. The van der Waals surface area contributed by atoms with Crippen molar-refractivity contribution < 1.29 is 9.53 Å². The second kappa shape index (κ2) is 5.19. The molecule has 0 radical (unpaired) electrons. The smallest absolute Gasteiger partial charge is 0.331 e. The lowest BCUT2D eigenvalue weighted by Gasteiger charge is -2.34. The Hall–Kier alpha value is -0.990. The molecule has 0 aromatic rings. The molecule has 3 heteroatoms. The van der Waals surface area contributed by atoms with Crippen LogP contribution in [-0.2, 0) is 9.53 Å². The van der Waals surface area contributed by atoms with Crippen molar-refractivity contribution in [2.24, 2.45) is 5.41 Å². The number of hydrogen-bond donors (Lipinski definition) is 1. The van der Waals surface area contributed by atoms with E-state index in [4.69, 9.17) is 0 Å². The van der Waals surface area contributed by atoms with Crippen molar-refractivity contribution in [3.8, 4) is 0 Å². The summed E-state index contributed by atoms with van der Waals surface area (Å²) in [6.45, 7) is 4.63. The first-order chi connectivity index (χ1) is 7.03. The van der Waals surface area contributed by atoms with Crippen molar-refractivity contribution >= 4 is 5.97 Å². The molecule has 1 aliphatic rings. The summed E-state index contributed by atoms with van der Waals surface area (Å²) in [5.41, 5.74) is 0.490. The second-order valence-corrected chi connectivity index (χ2v) is 4.96. The van der Waals surface area contributed by atoms with E-state index in [9.17, 15) is 4.79 Å². The van der Waals surface area contributed by atoms with Gasteiger partial charge in [-0.2, -0.15) is 0 Å². The summed E-state index contributed by atoms with van der Waals surface area (Å²) >= 11 is 0. The molecular formula is C12H21NO2. The number of ether oxygens (including phenoxy) is 1. The summed E-state index contributed by atoms with van der Waals surface area (Å²) in [7, 11) is 1.38. The van der Waals surface area contributed by atoms with Crippen LogP contribution in [0, 0.1) is 5.41 Å². The van der Waals surface area contributed by atoms with Gasteiger partial charge in [0.15, 0.2) is 0 Å². The van der Waals surface area contributed by atoms with Crippen molar-refractivity contribution in [3.05, 3.63) is 12.3 Å². The van der Waals surface area contributed by atoms with E-state index in [2.05, 4.69) is 23.9 Å². The molecule has 0 aromatic carbocycles. The van der Waals surface area contributed by atoms with E-state index < -0.39 is 0 Å². The Bertz CT molecular complexity index is 236. The minimum atomic E-state index is -0.307. The zero-order chi connectivity index (χ0) is 11.3. The van der Waals surface area contributed by atoms with Gasteiger partial charge in [-0.3, -0.25) is 0 Å². The van der Waals surface area contributed by atoms with Crippen LogP contribution in [0.3, 0.4) is 0 Å². The van der Waals surface area contributed by atoms with E-state index in [1.165, 1.54) is 38.9 Å². The number of methoxy groups -OCH3 is 1. The van der Waals surface area contributed by atoms with E-state index in [0.717, 1.165) is 0 Å². The predicted molar refractivity (Wildman–Crippen MR) is 60.3 cm³/mol. The standard InChI is InChI=1S/C12H21NO2/c1-12(2)7-4-10(5-8-12)13-9-6-11(14)15-3/h6,9-10,13H,4-5,7-8H2,1-3H3/b9-6+. The quantitative estimate of drug-likeness (QED) is 0.574. The van der Waals surface area contributed by atoms with Gasteiger partial charge in [0.2, 0.25) is 0 Å². The Morgan fingerprint density at radius 1 is 1.40 bits per heavy atom. The van der Waals surface area contributed by atoms with Crippen LogP contribution in [0.1, 0.15) is 39.5 Å². The molecule has 0 atom stereocenters. The molecule has 1 N–H and O–H groups in total. The van der Waals surface area contributed by atoms with Crippen molar-refractivity contribution in [3.63, 3.8) is 0 Å². The van der Waals surface area contributed by atoms with Gasteiger partial charge in [-0.05, 0) is 31.1 Å². The number of hydrogen-bond acceptors (Lipinski definition) is 3. The normalized spacial score (nSPS) is 21.5. The van der Waals surface area contributed by atoms with Crippen LogP contribution >= 0.6 is 0 Å². The minimum absolute atomic E-state index is 0.307. The Morgan fingerprint density at radius 3 is 2.53 bits per heavy atom. The molecule has 0 unspecified atom stereocenters. The van der Waals surface area contributed by atoms with Gasteiger partial charge < -0.3 is 10.1 Å². The largest absolute Gasteiger partial charge is 0.466 e. The first-order valence-corrected chi connectivity index (χ1v) is 5.54. The number of esters is 1. The summed E-state index contributed by atoms with van der Waals surface area (Å²) in [6.07, 6.45) is 7.99. The third-order valence-electron chi connectivity index (χ3n) is 3.09. The number of nitrogens with one attached hydrogen (secondary N) is 1. The molecule has 0 heterocycles. The fourth-order valence-corrected chi connectivity index (χ4v) is 1.89. The molecular weight excluding hydrogens is 190 g/mol. The SMILES string of the molecule is COC(=O)/C=C/NC1CCC(C)(C)CC1. The first-order valence-electron chi connectivity index (χ1n) is 5.54. The van der Waals surface area contributed by atoms with Gasteiger partial charge >= 0.3 is 5.97 Å². The van der Waals surface area contributed by atoms with Crippen molar-refractivity contribution in [2.45, 2.75) is 45.6 Å². The van der Waals surface area contributed by atoms with Gasteiger partial charge in [0, 0.05) is 18.3 Å². The topological polar surface area (TPSA) is 38.3 Å². The molecule has 86 valence electrons. The van der Waals surface area contributed by atoms with Crippen LogP contribution in [0.4, 0.5) is 0 Å². The molecule has 15 heavy (non-hydrogen) atoms. The van der Waals surface area contributed by atoms with Crippen molar-refractivity contribution in [1.82, 2.24) is 5.32 Å². The fraction of sp³-hybridized carbons (Fsp3) is 0.750. The zero-order valence-corrected chi connectivity index (χ0v) is 9.88. The Kier molecular flexibility index (Phi) is 4.18. The molecule has 1 rings (SSSR count). The van der Waals surface area contributed by atoms with E-state index in [1.807, 2.05) is 0 Å². The molecule has 1 fully saturated rings. The molecule has 0 bridgehead atoms. The number of rotatable bonds is 3. The Balaban J connectivity index is 2.25. The lowest BCUT2D eigenvalue weighted by atomic mass is 9.76. The highest BCUT2D eigenvalue weighted by Gasteiger charge is 2.25. The average molecular weight is 211 g/mol. The number of carbonyl (C=O) groups is 1. The van der Waals surface area contributed by atoms with Gasteiger partial charge in [-0.15, -0.1) is 0 Å². The van der Waals surface area contributed by atoms with Gasteiger partial charge in [-0.1, -0.05) is 13.8 Å². The van der Waals surface area contributed by atoms with Crippen LogP contribution in [0.5, 0.6) is 0 Å². The lowest BCUT2D eigenvalue weighted by Crippen LogP contribution is -2.32. The lowest BCUT2D eigenvalue weighted by molar-refractivity contribution is -0.134. The Morgan fingerprint density at radius 2 is 2.00 bits per heavy atom. The summed E-state index contributed by atoms with van der Waals surface area (Å²) < 4.78 is 4.51. The number of carbonyl (C=O) groups excluding carboxylic acids is 1. The zero-order valence-electron chi connectivity index (χ0n) is 9.88. The monoisotopic (exact) mass is 211 g/mol. The summed E-state index contributed by atoms with van der Waals surface area (Å²) in [5, 5.41) is 3.24. The van der Waals surface area contributed by atoms with Crippen LogP contribution in [0.25, 0.3) is 0 Å². The molecule has 1 aliphatic carbocycles. The van der Waals surface area contributed by atoms with Gasteiger partial charge in [0.25, 0.3) is 0 Å². The summed E-state index contributed by atoms with van der Waals surface area (Å²) in [4.78, 5) is 10.8. The van der Waals surface area contributed by atoms with E-state index in [1.54, 1.807) is 6.20 Å². The van der Waals surface area contributed by atoms with Crippen LogP contribution in [0.2, 0.25) is 0 Å². The average Bonchev–Trinajstić information content (AvgIpc) is 2.20. The van der Waals surface area contributed by atoms with Crippen molar-refractivity contribution in [2.75, 3.05) is 7.11 Å². The minimum Gasteiger partial charge on any atom is -0.466 e. The molecule has 0 saturated heterocycles. The predicted octanol–water partition coefficient (Wildman–Crippen LogP) is 2.23. The highest BCUT2D eigenvalue weighted by Crippen LogP contribution is 2.34. The first kappa shape index (κ1) is 12.1. The second-order valence-electron chi connectivity index (χ2n) is 4.96. The van der Waals surface area contributed by atoms with E-state index in [-0.39, 0.29) is 5.97 Å². The van der Waals surface area contributed by atoms with Gasteiger partial charge in [0.05, 0.1) is 7.11 Å². The van der Waals surface area contributed by atoms with Crippen LogP contribution in [-0.4, -0.2) is 19.1 Å². The summed E-state index contributed by atoms with van der Waals surface area (Å²) in [5.74, 6) is -0.307. The molecule has 0 aliphatic heterocycles. The van der Waals surface area contributed by atoms with Gasteiger partial charge in [0.1, 0.15) is 0 Å². The Labute approximate surface area is 91.9 Å². The third-order valence-corrected chi connectivity index (χ3v) is 3.09. The highest BCUT2D eigenvalue weighted by molar-refractivity contribution is 5.81. The molecule has 0 amide bonds. The van der Waals surface area contributed by atoms with E-state index in [0.29, 0.717) is 11.5 Å². The maximum atomic E-state index is 10.8. The summed E-state index contributed by atoms with van der Waals surface area (Å²) in [6, 6.07) is 0.513. The van der Waals surface area contributed by atoms with E-state index >= 15 is 0 Å². The van der Waals surface area contributed by atoms with Crippen LogP contribution in [0.15, 0.2) is 12.3 Å². The maximum Gasteiger partial charge on any atom is 0.331 e. The molecule has 0 aromatic heterocycles. The molecule has 1 saturated carbocycles. The molecule has 0 spiro atoms. The highest BCUT2D eigenvalue weighted by atomic mass is 16.5. The van der Waals surface area contributed by atoms with Crippen molar-refractivity contribution in [1.29, 1.82) is 0 Å². The third kappa shape index (κ3) is 4.36. The van der Waals surface area contributed by atoms with Gasteiger partial charge in [-0.25, -0.2) is 4.79 Å².